The van der Waals surface area contributed by atoms with Gasteiger partial charge in [-0.1, -0.05) is 42.3 Å². The summed E-state index contributed by atoms with van der Waals surface area (Å²) in [6, 6.07) is 13.1. The zero-order valence-corrected chi connectivity index (χ0v) is 14.6. The molecule has 0 spiro atoms. The number of allylic oxidation sites excluding steroid dienone is 1. The Morgan fingerprint density at radius 1 is 1.17 bits per heavy atom. The van der Waals surface area contributed by atoms with E-state index in [9.17, 15) is 0 Å². The second-order valence-corrected chi connectivity index (χ2v) is 6.88. The van der Waals surface area contributed by atoms with Crippen molar-refractivity contribution in [2.45, 2.75) is 32.6 Å². The van der Waals surface area contributed by atoms with Gasteiger partial charge in [0, 0.05) is 24.4 Å². The lowest BCUT2D eigenvalue weighted by Crippen LogP contribution is -2.14. The minimum atomic E-state index is 0.344. The molecule has 0 saturated carbocycles. The maximum absolute atomic E-state index is 4.60. The molecule has 0 aliphatic heterocycles. The minimum Gasteiger partial charge on any atom is -0.309 e. The number of hydrogen-bond donors (Lipinski definition) is 0. The highest BCUT2D eigenvalue weighted by Gasteiger charge is 2.26. The highest BCUT2D eigenvalue weighted by molar-refractivity contribution is 5.80. The topological polar surface area (TPSA) is 16.1 Å². The van der Waals surface area contributed by atoms with Gasteiger partial charge in [0.05, 0.1) is 0 Å². The summed E-state index contributed by atoms with van der Waals surface area (Å²) in [6.07, 6.45) is 4.13. The highest BCUT2D eigenvalue weighted by Crippen LogP contribution is 2.42. The Labute approximate surface area is 139 Å². The van der Waals surface area contributed by atoms with Crippen LogP contribution in [0, 0.1) is 6.92 Å². The SMILES string of the molecule is Cc1ccc2c(c1)C(C(C)c1ccccn1)=C(CCN(C)C)C2. The number of benzene rings is 1. The Morgan fingerprint density at radius 2 is 2.00 bits per heavy atom. The van der Waals surface area contributed by atoms with Crippen LogP contribution in [-0.4, -0.2) is 30.5 Å². The number of hydrogen-bond acceptors (Lipinski definition) is 2. The molecule has 120 valence electrons. The standard InChI is InChI=1S/C21H26N2/c1-15-8-9-17-14-18(10-12-23(3)4)21(19(17)13-15)16(2)20-7-5-6-11-22-20/h5-9,11,13,16H,10,12,14H2,1-4H3. The van der Waals surface area contributed by atoms with Gasteiger partial charge in [-0.2, -0.15) is 0 Å². The van der Waals surface area contributed by atoms with Crippen LogP contribution in [0.5, 0.6) is 0 Å². The minimum absolute atomic E-state index is 0.344. The van der Waals surface area contributed by atoms with Crippen LogP contribution in [0.4, 0.5) is 0 Å². The van der Waals surface area contributed by atoms with Crippen molar-refractivity contribution in [3.63, 3.8) is 0 Å². The molecule has 2 nitrogen and oxygen atoms in total. The summed E-state index contributed by atoms with van der Waals surface area (Å²) < 4.78 is 0. The first-order chi connectivity index (χ1) is 11.1. The van der Waals surface area contributed by atoms with Gasteiger partial charge < -0.3 is 4.90 Å². The zero-order valence-electron chi connectivity index (χ0n) is 14.6. The van der Waals surface area contributed by atoms with Crippen LogP contribution in [0.1, 0.15) is 41.6 Å². The third kappa shape index (κ3) is 3.37. The van der Waals surface area contributed by atoms with E-state index in [1.807, 2.05) is 12.3 Å². The van der Waals surface area contributed by atoms with Gasteiger partial charge in [0.2, 0.25) is 0 Å². The van der Waals surface area contributed by atoms with Crippen molar-refractivity contribution in [1.29, 1.82) is 0 Å². The average molecular weight is 306 g/mol. The maximum atomic E-state index is 4.60. The van der Waals surface area contributed by atoms with Crippen molar-refractivity contribution in [1.82, 2.24) is 9.88 Å². The van der Waals surface area contributed by atoms with E-state index < -0.39 is 0 Å². The normalized spacial score (nSPS) is 15.2. The molecule has 1 aromatic heterocycles. The number of aromatic nitrogens is 1. The largest absolute Gasteiger partial charge is 0.309 e. The Balaban J connectivity index is 2.02. The molecule has 2 aromatic rings. The monoisotopic (exact) mass is 306 g/mol. The lowest BCUT2D eigenvalue weighted by atomic mass is 9.89. The predicted molar refractivity (Wildman–Crippen MR) is 97.6 cm³/mol. The van der Waals surface area contributed by atoms with E-state index >= 15 is 0 Å². The van der Waals surface area contributed by atoms with Crippen LogP contribution in [0.3, 0.4) is 0 Å². The molecule has 3 rings (SSSR count). The van der Waals surface area contributed by atoms with E-state index in [0.29, 0.717) is 5.92 Å². The fourth-order valence-electron chi connectivity index (χ4n) is 3.51. The first kappa shape index (κ1) is 15.9. The molecule has 0 N–H and O–H groups in total. The lowest BCUT2D eigenvalue weighted by molar-refractivity contribution is 0.412. The van der Waals surface area contributed by atoms with Crippen LogP contribution < -0.4 is 0 Å². The van der Waals surface area contributed by atoms with E-state index in [4.69, 9.17) is 0 Å². The third-order valence-electron chi connectivity index (χ3n) is 4.77. The number of fused-ring (bicyclic) bond motifs is 1. The highest BCUT2D eigenvalue weighted by atomic mass is 15.0. The lowest BCUT2D eigenvalue weighted by Gasteiger charge is -2.18. The summed E-state index contributed by atoms with van der Waals surface area (Å²) in [4.78, 5) is 6.87. The molecular formula is C21H26N2. The van der Waals surface area contributed by atoms with E-state index in [1.165, 1.54) is 28.0 Å². The van der Waals surface area contributed by atoms with Gasteiger partial charge in [-0.05, 0) is 62.7 Å². The van der Waals surface area contributed by atoms with E-state index in [-0.39, 0.29) is 0 Å². The van der Waals surface area contributed by atoms with Crippen LogP contribution in [-0.2, 0) is 6.42 Å². The first-order valence-corrected chi connectivity index (χ1v) is 8.43. The van der Waals surface area contributed by atoms with Gasteiger partial charge >= 0.3 is 0 Å². The van der Waals surface area contributed by atoms with Gasteiger partial charge in [-0.25, -0.2) is 0 Å². The summed E-state index contributed by atoms with van der Waals surface area (Å²) in [6.45, 7) is 5.58. The third-order valence-corrected chi connectivity index (χ3v) is 4.77. The summed E-state index contributed by atoms with van der Waals surface area (Å²) >= 11 is 0. The second kappa shape index (κ2) is 6.67. The molecule has 1 aromatic carbocycles. The Kier molecular flexibility index (Phi) is 4.63. The van der Waals surface area contributed by atoms with E-state index in [2.05, 4.69) is 68.2 Å². The number of aryl methyl sites for hydroxylation is 1. The Bertz CT molecular complexity index is 714. The summed E-state index contributed by atoms with van der Waals surface area (Å²) in [5, 5.41) is 0. The van der Waals surface area contributed by atoms with Crippen molar-refractivity contribution in [2.75, 3.05) is 20.6 Å². The van der Waals surface area contributed by atoms with Gasteiger partial charge in [-0.3, -0.25) is 4.98 Å². The molecule has 0 amide bonds. The molecule has 1 unspecified atom stereocenters. The Morgan fingerprint density at radius 3 is 2.70 bits per heavy atom. The zero-order chi connectivity index (χ0) is 16.4. The second-order valence-electron chi connectivity index (χ2n) is 6.88. The molecular weight excluding hydrogens is 280 g/mol. The number of rotatable bonds is 5. The number of nitrogens with zero attached hydrogens (tertiary/aromatic N) is 2. The molecule has 2 heteroatoms. The van der Waals surface area contributed by atoms with E-state index in [0.717, 1.165) is 19.4 Å². The molecule has 23 heavy (non-hydrogen) atoms. The molecule has 1 aliphatic rings. The van der Waals surface area contributed by atoms with Crippen LogP contribution >= 0.6 is 0 Å². The molecule has 0 saturated heterocycles. The van der Waals surface area contributed by atoms with Gasteiger partial charge in [0.25, 0.3) is 0 Å². The van der Waals surface area contributed by atoms with Crippen molar-refractivity contribution >= 4 is 5.57 Å². The summed E-state index contributed by atoms with van der Waals surface area (Å²) in [7, 11) is 4.29. The van der Waals surface area contributed by atoms with Crippen LogP contribution in [0.15, 0.2) is 48.2 Å². The summed E-state index contributed by atoms with van der Waals surface area (Å²) in [5.41, 5.74) is 8.50. The molecule has 1 heterocycles. The fourth-order valence-corrected chi connectivity index (χ4v) is 3.51. The van der Waals surface area contributed by atoms with Crippen molar-refractivity contribution < 1.29 is 0 Å². The molecule has 0 radical (unpaired) electrons. The first-order valence-electron chi connectivity index (χ1n) is 8.43. The summed E-state index contributed by atoms with van der Waals surface area (Å²) in [5.74, 6) is 0.344. The van der Waals surface area contributed by atoms with Gasteiger partial charge in [0.1, 0.15) is 0 Å². The average Bonchev–Trinajstić information content (AvgIpc) is 2.90. The quantitative estimate of drug-likeness (QED) is 0.811. The van der Waals surface area contributed by atoms with E-state index in [1.54, 1.807) is 5.57 Å². The predicted octanol–water partition coefficient (Wildman–Crippen LogP) is 4.46. The van der Waals surface area contributed by atoms with Gasteiger partial charge in [0.15, 0.2) is 0 Å². The molecule has 1 aliphatic carbocycles. The molecule has 0 fully saturated rings. The Hall–Kier alpha value is -1.93. The van der Waals surface area contributed by atoms with Crippen LogP contribution in [0.25, 0.3) is 5.57 Å². The van der Waals surface area contributed by atoms with Gasteiger partial charge in [-0.15, -0.1) is 0 Å². The molecule has 0 bridgehead atoms. The van der Waals surface area contributed by atoms with Crippen molar-refractivity contribution in [2.24, 2.45) is 0 Å². The van der Waals surface area contributed by atoms with Crippen LogP contribution in [0.2, 0.25) is 0 Å². The number of pyridine rings is 1. The van der Waals surface area contributed by atoms with Crippen molar-refractivity contribution in [3.8, 4) is 0 Å². The fraction of sp³-hybridized carbons (Fsp3) is 0.381. The molecule has 1 atom stereocenters. The maximum Gasteiger partial charge on any atom is 0.0475 e. The van der Waals surface area contributed by atoms with Crippen molar-refractivity contribution in [3.05, 3.63) is 70.6 Å². The smallest absolute Gasteiger partial charge is 0.0475 e.